The van der Waals surface area contributed by atoms with E-state index in [9.17, 15) is 14.7 Å². The van der Waals surface area contributed by atoms with Gasteiger partial charge in [0.1, 0.15) is 6.04 Å². The van der Waals surface area contributed by atoms with Crippen molar-refractivity contribution >= 4 is 40.8 Å². The molecule has 152 valence electrons. The van der Waals surface area contributed by atoms with Crippen molar-refractivity contribution in [3.05, 3.63) is 59.1 Å². The molecule has 29 heavy (non-hydrogen) atoms. The second-order valence-corrected chi connectivity index (χ2v) is 7.03. The highest BCUT2D eigenvalue weighted by Crippen LogP contribution is 2.22. The maximum atomic E-state index is 12.7. The van der Waals surface area contributed by atoms with Gasteiger partial charge in [-0.2, -0.15) is 0 Å². The maximum Gasteiger partial charge on any atom is 0.322 e. The van der Waals surface area contributed by atoms with Crippen molar-refractivity contribution in [3.63, 3.8) is 0 Å². The number of anilines is 2. The molecule has 1 heterocycles. The number of hydrogen-bond donors (Lipinski definition) is 4. The molecule has 3 amide bonds. The lowest BCUT2D eigenvalue weighted by atomic mass is 10.1. The number of benzene rings is 2. The van der Waals surface area contributed by atoms with Crippen LogP contribution in [-0.2, 0) is 9.53 Å². The zero-order valence-electron chi connectivity index (χ0n) is 15.7. The molecule has 1 aliphatic rings. The maximum absolute atomic E-state index is 12.7. The predicted octanol–water partition coefficient (Wildman–Crippen LogP) is 2.92. The number of urea groups is 1. The van der Waals surface area contributed by atoms with Gasteiger partial charge in [-0.25, -0.2) is 4.79 Å². The molecule has 8 nitrogen and oxygen atoms in total. The molecule has 4 N–H and O–H groups in total. The van der Waals surface area contributed by atoms with Gasteiger partial charge >= 0.3 is 6.03 Å². The van der Waals surface area contributed by atoms with E-state index in [0.717, 1.165) is 0 Å². The minimum Gasteiger partial charge on any atom is -0.481 e. The highest BCUT2D eigenvalue weighted by Gasteiger charge is 2.39. The van der Waals surface area contributed by atoms with Gasteiger partial charge in [-0.1, -0.05) is 11.6 Å². The molecule has 2 aromatic carbocycles. The van der Waals surface area contributed by atoms with Gasteiger partial charge in [0.25, 0.3) is 0 Å². The van der Waals surface area contributed by atoms with Crippen molar-refractivity contribution in [2.75, 3.05) is 24.3 Å². The number of aliphatic hydroxyl groups is 1. The normalized spacial score (nSPS) is 18.2. The number of carbonyl (C=O) groups excluding carboxylic acids is 2. The van der Waals surface area contributed by atoms with Crippen LogP contribution in [-0.4, -0.2) is 53.6 Å². The van der Waals surface area contributed by atoms with Crippen molar-refractivity contribution in [3.8, 4) is 0 Å². The number of methoxy groups -OCH3 is 1. The van der Waals surface area contributed by atoms with Crippen LogP contribution in [0.4, 0.5) is 16.2 Å². The summed E-state index contributed by atoms with van der Waals surface area (Å²) in [7, 11) is 1.41. The Hall–Kier alpha value is -3.10. The lowest BCUT2D eigenvalue weighted by molar-refractivity contribution is -0.119. The molecule has 0 radical (unpaired) electrons. The summed E-state index contributed by atoms with van der Waals surface area (Å²) < 4.78 is 4.86. The lowest BCUT2D eigenvalue weighted by Crippen LogP contribution is -2.45. The second-order valence-electron chi connectivity index (χ2n) is 6.59. The highest BCUT2D eigenvalue weighted by molar-refractivity contribution is 6.30. The summed E-state index contributed by atoms with van der Waals surface area (Å²) in [6.07, 6.45) is -0.641. The fraction of sp³-hybridized carbons (Fsp3) is 0.250. The molecule has 9 heteroatoms. The Labute approximate surface area is 172 Å². The minimum atomic E-state index is -0.811. The number of nitrogens with zero attached hydrogens (tertiary/aromatic N) is 1. The van der Waals surface area contributed by atoms with Crippen LogP contribution < -0.4 is 10.6 Å². The van der Waals surface area contributed by atoms with Crippen molar-refractivity contribution in [2.45, 2.75) is 18.6 Å². The molecule has 1 saturated heterocycles. The van der Waals surface area contributed by atoms with E-state index in [1.165, 1.54) is 12.0 Å². The average Bonchev–Trinajstić information content (AvgIpc) is 3.12. The van der Waals surface area contributed by atoms with E-state index in [4.69, 9.17) is 21.7 Å². The van der Waals surface area contributed by atoms with E-state index < -0.39 is 24.1 Å². The van der Waals surface area contributed by atoms with Gasteiger partial charge in [-0.3, -0.25) is 10.2 Å². The Bertz CT molecular complexity index is 902. The molecule has 1 aliphatic heterocycles. The molecular formula is C20H21ClN4O4. The van der Waals surface area contributed by atoms with E-state index >= 15 is 0 Å². The standard InChI is InChI=1S/C20H21ClN4O4/c1-29-18(22)12-2-6-14(7-3-12)23-19(27)17-10-16(26)11-25(17)20(28)24-15-8-4-13(21)5-9-15/h2-9,16-17,22,26H,10-11H2,1H3,(H,23,27)(H,24,28)/t16-,17-/m1/s1. The number of carbonyl (C=O) groups is 2. The van der Waals surface area contributed by atoms with Gasteiger partial charge < -0.3 is 25.4 Å². The Kier molecular flexibility index (Phi) is 6.36. The number of halogens is 1. The van der Waals surface area contributed by atoms with Gasteiger partial charge in [0.05, 0.1) is 13.2 Å². The molecule has 0 aromatic heterocycles. The summed E-state index contributed by atoms with van der Waals surface area (Å²) in [6.45, 7) is 0.0570. The fourth-order valence-corrected chi connectivity index (χ4v) is 3.19. The molecule has 2 aromatic rings. The summed E-state index contributed by atoms with van der Waals surface area (Å²) in [4.78, 5) is 26.6. The third-order valence-corrected chi connectivity index (χ3v) is 4.81. The second kappa shape index (κ2) is 8.93. The van der Waals surface area contributed by atoms with Crippen LogP contribution in [0.2, 0.25) is 5.02 Å². The first kappa shape index (κ1) is 20.6. The van der Waals surface area contributed by atoms with Crippen molar-refractivity contribution in [2.24, 2.45) is 0 Å². The summed E-state index contributed by atoms with van der Waals surface area (Å²) in [6, 6.07) is 11.9. The van der Waals surface area contributed by atoms with E-state index in [1.807, 2.05) is 0 Å². The van der Waals surface area contributed by atoms with Crippen molar-refractivity contribution in [1.29, 1.82) is 5.41 Å². The highest BCUT2D eigenvalue weighted by atomic mass is 35.5. The van der Waals surface area contributed by atoms with Gasteiger partial charge in [0.15, 0.2) is 0 Å². The van der Waals surface area contributed by atoms with Crippen LogP contribution in [0.1, 0.15) is 12.0 Å². The molecule has 2 atom stereocenters. The Morgan fingerprint density at radius 1 is 1.10 bits per heavy atom. The number of nitrogens with one attached hydrogen (secondary N) is 3. The first-order valence-electron chi connectivity index (χ1n) is 8.92. The molecule has 1 fully saturated rings. The van der Waals surface area contributed by atoms with Crippen LogP contribution in [0.15, 0.2) is 48.5 Å². The van der Waals surface area contributed by atoms with Crippen LogP contribution in [0, 0.1) is 5.41 Å². The van der Waals surface area contributed by atoms with Crippen LogP contribution in [0.25, 0.3) is 0 Å². The van der Waals surface area contributed by atoms with Gasteiger partial charge in [0, 0.05) is 34.9 Å². The molecule has 0 bridgehead atoms. The van der Waals surface area contributed by atoms with Crippen LogP contribution in [0.5, 0.6) is 0 Å². The third kappa shape index (κ3) is 5.04. The summed E-state index contributed by atoms with van der Waals surface area (Å²) in [5.74, 6) is -0.380. The topological polar surface area (TPSA) is 115 Å². The number of hydrogen-bond acceptors (Lipinski definition) is 5. The van der Waals surface area contributed by atoms with E-state index in [0.29, 0.717) is 22.0 Å². The van der Waals surface area contributed by atoms with E-state index in [-0.39, 0.29) is 18.9 Å². The third-order valence-electron chi connectivity index (χ3n) is 4.56. The zero-order valence-corrected chi connectivity index (χ0v) is 16.4. The first-order valence-corrected chi connectivity index (χ1v) is 9.30. The summed E-state index contributed by atoms with van der Waals surface area (Å²) >= 11 is 5.84. The largest absolute Gasteiger partial charge is 0.481 e. The predicted molar refractivity (Wildman–Crippen MR) is 110 cm³/mol. The smallest absolute Gasteiger partial charge is 0.322 e. The van der Waals surface area contributed by atoms with E-state index in [1.54, 1.807) is 48.5 Å². The summed E-state index contributed by atoms with van der Waals surface area (Å²) in [5.41, 5.74) is 1.63. The number of rotatable bonds is 4. The Balaban J connectivity index is 1.67. The first-order chi connectivity index (χ1) is 13.9. The molecule has 0 saturated carbocycles. The summed E-state index contributed by atoms with van der Waals surface area (Å²) in [5, 5.41) is 23.6. The van der Waals surface area contributed by atoms with Crippen molar-refractivity contribution in [1.82, 2.24) is 4.90 Å². The van der Waals surface area contributed by atoms with Crippen LogP contribution >= 0.6 is 11.6 Å². The zero-order chi connectivity index (χ0) is 21.0. The number of amides is 3. The molecule has 0 unspecified atom stereocenters. The minimum absolute atomic E-state index is 0.0202. The number of aliphatic hydroxyl groups excluding tert-OH is 1. The molecule has 0 spiro atoms. The van der Waals surface area contributed by atoms with Gasteiger partial charge in [0.2, 0.25) is 11.8 Å². The van der Waals surface area contributed by atoms with Gasteiger partial charge in [-0.05, 0) is 48.5 Å². The number of β-amino-alcohol motifs (C(OH)–C–C–N with tert-alkyl or cyclic N) is 1. The Morgan fingerprint density at radius 2 is 1.69 bits per heavy atom. The molecule has 0 aliphatic carbocycles. The number of ether oxygens (including phenoxy) is 1. The number of likely N-dealkylation sites (tertiary alicyclic amines) is 1. The molecule has 3 rings (SSSR count). The van der Waals surface area contributed by atoms with Crippen LogP contribution in [0.3, 0.4) is 0 Å². The van der Waals surface area contributed by atoms with Crippen molar-refractivity contribution < 1.29 is 19.4 Å². The monoisotopic (exact) mass is 416 g/mol. The quantitative estimate of drug-likeness (QED) is 0.453. The molecular weight excluding hydrogens is 396 g/mol. The Morgan fingerprint density at radius 3 is 2.31 bits per heavy atom. The SMILES string of the molecule is COC(=N)c1ccc(NC(=O)[C@H]2C[C@@H](O)CN2C(=O)Nc2ccc(Cl)cc2)cc1. The fourth-order valence-electron chi connectivity index (χ4n) is 3.06. The van der Waals surface area contributed by atoms with Gasteiger partial charge in [-0.15, -0.1) is 0 Å². The lowest BCUT2D eigenvalue weighted by Gasteiger charge is -2.24. The average molecular weight is 417 g/mol. The van der Waals surface area contributed by atoms with E-state index in [2.05, 4.69) is 10.6 Å².